The Morgan fingerprint density at radius 3 is 1.35 bits per heavy atom. The number of allylic oxidation sites excluding steroid dienone is 4. The summed E-state index contributed by atoms with van der Waals surface area (Å²) in [5.41, 5.74) is 0. The fourth-order valence-corrected chi connectivity index (χ4v) is 6.06. The number of unbranched alkanes of at least 4 members (excludes halogenated alkanes) is 22. The van der Waals surface area contributed by atoms with Gasteiger partial charge in [0.25, 0.3) is 0 Å². The van der Waals surface area contributed by atoms with Crippen molar-refractivity contribution in [1.29, 1.82) is 0 Å². The van der Waals surface area contributed by atoms with Gasteiger partial charge in [-0.1, -0.05) is 141 Å². The van der Waals surface area contributed by atoms with E-state index in [0.717, 1.165) is 25.7 Å². The third-order valence-electron chi connectivity index (χ3n) is 8.93. The van der Waals surface area contributed by atoms with Crippen LogP contribution in [0.15, 0.2) is 24.3 Å². The van der Waals surface area contributed by atoms with E-state index >= 15 is 0 Å². The second-order valence-electron chi connectivity index (χ2n) is 14.0. The number of nitrogens with zero attached hydrogens (tertiary/aromatic N) is 1. The van der Waals surface area contributed by atoms with E-state index < -0.39 is 0 Å². The van der Waals surface area contributed by atoms with Gasteiger partial charge in [-0.25, -0.2) is 4.58 Å². The molecule has 4 heteroatoms. The minimum absolute atomic E-state index is 0.0243. The van der Waals surface area contributed by atoms with Crippen LogP contribution in [0.4, 0.5) is 0 Å². The molecule has 0 radical (unpaired) electrons. The predicted octanol–water partition coefficient (Wildman–Crippen LogP) is 12.5. The first-order chi connectivity index (χ1) is 22.5. The second-order valence-corrected chi connectivity index (χ2v) is 14.0. The first-order valence-electron chi connectivity index (χ1n) is 20.0. The Bertz CT molecular complexity index is 756. The summed E-state index contributed by atoms with van der Waals surface area (Å²) in [5, 5.41) is 0. The van der Waals surface area contributed by atoms with Gasteiger partial charge in [-0.2, -0.15) is 0 Å². The van der Waals surface area contributed by atoms with Crippen molar-refractivity contribution in [1.82, 2.24) is 0 Å². The molecule has 0 amide bonds. The molecule has 0 saturated heterocycles. The highest BCUT2D eigenvalue weighted by Gasteiger charge is 2.19. The minimum Gasteiger partial charge on any atom is -0.465 e. The Morgan fingerprint density at radius 1 is 0.565 bits per heavy atom. The third-order valence-corrected chi connectivity index (χ3v) is 8.93. The maximum Gasteiger partial charge on any atom is 0.305 e. The molecule has 0 aromatic heterocycles. The van der Waals surface area contributed by atoms with Crippen LogP contribution in [0.5, 0.6) is 0 Å². The number of carbonyl (C=O) groups excluding carboxylic acids is 2. The first-order valence-corrected chi connectivity index (χ1v) is 20.0. The number of Topliss-reactive ketones (excluding diaryl/α,β-unsaturated/α-hetero) is 1. The van der Waals surface area contributed by atoms with Crippen molar-refractivity contribution in [3.05, 3.63) is 24.3 Å². The summed E-state index contributed by atoms with van der Waals surface area (Å²) in [5.74, 6) is 0.188. The molecule has 0 aromatic rings. The maximum atomic E-state index is 12.6. The highest BCUT2D eigenvalue weighted by atomic mass is 16.5. The van der Waals surface area contributed by atoms with Crippen molar-refractivity contribution in [2.45, 2.75) is 200 Å². The van der Waals surface area contributed by atoms with Crippen LogP contribution in [-0.4, -0.2) is 43.2 Å². The molecule has 0 N–H and O–H groups in total. The molecular formula is C42H78NO3+. The van der Waals surface area contributed by atoms with Gasteiger partial charge in [0.2, 0.25) is 0 Å². The van der Waals surface area contributed by atoms with Crippen molar-refractivity contribution in [3.63, 3.8) is 0 Å². The Morgan fingerprint density at radius 2 is 0.935 bits per heavy atom. The summed E-state index contributed by atoms with van der Waals surface area (Å²) in [7, 11) is 1.91. The molecule has 0 heterocycles. The van der Waals surface area contributed by atoms with Crippen molar-refractivity contribution in [2.75, 3.05) is 20.2 Å². The van der Waals surface area contributed by atoms with Crippen molar-refractivity contribution >= 4 is 18.5 Å². The van der Waals surface area contributed by atoms with E-state index in [4.69, 9.17) is 4.74 Å². The van der Waals surface area contributed by atoms with Crippen LogP contribution in [0.3, 0.4) is 0 Å². The molecule has 1 unspecified atom stereocenters. The van der Waals surface area contributed by atoms with Gasteiger partial charge in [-0.15, -0.1) is 0 Å². The lowest BCUT2D eigenvalue weighted by molar-refractivity contribution is -0.496. The molecule has 1 atom stereocenters. The lowest BCUT2D eigenvalue weighted by atomic mass is 9.99. The lowest BCUT2D eigenvalue weighted by Gasteiger charge is -2.14. The van der Waals surface area contributed by atoms with Gasteiger partial charge in [-0.05, 0) is 64.2 Å². The highest BCUT2D eigenvalue weighted by molar-refractivity contribution is 5.78. The molecule has 0 spiro atoms. The van der Waals surface area contributed by atoms with Crippen molar-refractivity contribution in [2.24, 2.45) is 5.92 Å². The van der Waals surface area contributed by atoms with Crippen molar-refractivity contribution < 1.29 is 18.9 Å². The Kier molecular flexibility index (Phi) is 34.8. The van der Waals surface area contributed by atoms with Gasteiger partial charge in [0.1, 0.15) is 32.7 Å². The van der Waals surface area contributed by atoms with Gasteiger partial charge >= 0.3 is 5.97 Å². The summed E-state index contributed by atoms with van der Waals surface area (Å²) in [6.45, 7) is 9.48. The van der Waals surface area contributed by atoms with Crippen LogP contribution in [-0.2, 0) is 14.3 Å². The fraction of sp³-hybridized carbons (Fsp3) is 0.833. The number of hydrogen-bond acceptors (Lipinski definition) is 3. The monoisotopic (exact) mass is 645 g/mol. The molecule has 0 fully saturated rings. The van der Waals surface area contributed by atoms with E-state index in [9.17, 15) is 9.59 Å². The number of carbonyl (C=O) groups is 2. The summed E-state index contributed by atoms with van der Waals surface area (Å²) in [4.78, 5) is 25.0. The number of hydrogen-bond donors (Lipinski definition) is 0. The summed E-state index contributed by atoms with van der Waals surface area (Å²) < 4.78 is 7.44. The van der Waals surface area contributed by atoms with Crippen LogP contribution in [0, 0.1) is 5.92 Å². The standard InChI is InChI=1S/C42H78NO3/c1-5-7-9-11-13-15-17-19-21-23-25-27-29-31-33-35-41(44)37-40(38-43(3)4)39-46-42(45)36-34-32-30-28-26-24-22-20-18-16-14-12-10-8-6-2/h19-22,40H,3,5-18,23-39H2,1-2,4H3/q+1/b21-19-,22-20-. The van der Waals surface area contributed by atoms with Crippen LogP contribution >= 0.6 is 0 Å². The maximum absolute atomic E-state index is 12.6. The summed E-state index contributed by atoms with van der Waals surface area (Å²) in [6, 6.07) is 0. The van der Waals surface area contributed by atoms with Gasteiger partial charge in [0, 0.05) is 19.3 Å². The van der Waals surface area contributed by atoms with Crippen LogP contribution in [0.25, 0.3) is 0 Å². The van der Waals surface area contributed by atoms with E-state index in [1.807, 2.05) is 11.6 Å². The number of esters is 1. The fourth-order valence-electron chi connectivity index (χ4n) is 6.06. The second kappa shape index (κ2) is 36.1. The molecule has 0 bridgehead atoms. The molecular weight excluding hydrogens is 566 g/mol. The van der Waals surface area contributed by atoms with Crippen LogP contribution in [0.1, 0.15) is 200 Å². The molecule has 46 heavy (non-hydrogen) atoms. The largest absolute Gasteiger partial charge is 0.465 e. The van der Waals surface area contributed by atoms with Gasteiger partial charge in [0.15, 0.2) is 0 Å². The molecule has 0 aromatic carbocycles. The Hall–Kier alpha value is -1.71. The van der Waals surface area contributed by atoms with Crippen molar-refractivity contribution in [3.8, 4) is 0 Å². The van der Waals surface area contributed by atoms with E-state index in [1.165, 1.54) is 141 Å². The zero-order valence-electron chi connectivity index (χ0n) is 31.2. The van der Waals surface area contributed by atoms with E-state index in [0.29, 0.717) is 32.4 Å². The van der Waals surface area contributed by atoms with Gasteiger partial charge in [0.05, 0.1) is 5.92 Å². The zero-order chi connectivity index (χ0) is 33.8. The highest BCUT2D eigenvalue weighted by Crippen LogP contribution is 2.14. The number of ether oxygens (including phenoxy) is 1. The average Bonchev–Trinajstić information content (AvgIpc) is 3.03. The Balaban J connectivity index is 3.79. The molecule has 0 aliphatic heterocycles. The number of ketones is 1. The summed E-state index contributed by atoms with van der Waals surface area (Å²) >= 11 is 0. The van der Waals surface area contributed by atoms with E-state index in [-0.39, 0.29) is 17.7 Å². The topological polar surface area (TPSA) is 46.4 Å². The predicted molar refractivity (Wildman–Crippen MR) is 201 cm³/mol. The molecule has 4 nitrogen and oxygen atoms in total. The normalized spacial score (nSPS) is 12.3. The summed E-state index contributed by atoms with van der Waals surface area (Å²) in [6.07, 6.45) is 43.7. The molecule has 0 rings (SSSR count). The number of rotatable bonds is 36. The average molecular weight is 645 g/mol. The molecule has 0 aliphatic carbocycles. The van der Waals surface area contributed by atoms with Gasteiger partial charge < -0.3 is 4.74 Å². The van der Waals surface area contributed by atoms with Crippen LogP contribution < -0.4 is 0 Å². The SMILES string of the molecule is C=[N+](C)CC(COC(=O)CCCCCCC/C=C\CCCCCCCC)CC(=O)CCCCCCC/C=C\CCCCCCCC. The lowest BCUT2D eigenvalue weighted by Crippen LogP contribution is -2.25. The zero-order valence-corrected chi connectivity index (χ0v) is 31.2. The van der Waals surface area contributed by atoms with E-state index in [1.54, 1.807) is 0 Å². The smallest absolute Gasteiger partial charge is 0.305 e. The molecule has 268 valence electrons. The quantitative estimate of drug-likeness (QED) is 0.0224. The Labute approximate surface area is 287 Å². The van der Waals surface area contributed by atoms with E-state index in [2.05, 4.69) is 44.9 Å². The molecule has 0 aliphatic rings. The van der Waals surface area contributed by atoms with Crippen LogP contribution in [0.2, 0.25) is 0 Å². The minimum atomic E-state index is -0.126. The first kappa shape index (κ1) is 44.3. The van der Waals surface area contributed by atoms with Gasteiger partial charge in [-0.3, -0.25) is 9.59 Å². The molecule has 0 saturated carbocycles. The third kappa shape index (κ3) is 35.1.